The molecule has 0 aliphatic rings. The fraction of sp³-hybridized carbons (Fsp3) is 0.200. The lowest BCUT2D eigenvalue weighted by Crippen LogP contribution is -2.27. The van der Waals surface area contributed by atoms with Crippen LogP contribution in [0.5, 0.6) is 11.5 Å². The molecule has 0 saturated heterocycles. The standard InChI is InChI=1S/C20H21NO4S/c1-14(19-13-17(24-2)9-11-20(19)25-3)21-26(22,23)18-10-8-15-6-4-5-7-16(15)12-18/h4-14,21H,1-3H3. The quantitative estimate of drug-likeness (QED) is 0.714. The molecule has 1 unspecified atom stereocenters. The molecule has 1 N–H and O–H groups in total. The van der Waals surface area contributed by atoms with Crippen molar-refractivity contribution in [3.8, 4) is 11.5 Å². The van der Waals surface area contributed by atoms with Gasteiger partial charge in [0.1, 0.15) is 11.5 Å². The van der Waals surface area contributed by atoms with Gasteiger partial charge in [-0.2, -0.15) is 0 Å². The smallest absolute Gasteiger partial charge is 0.241 e. The van der Waals surface area contributed by atoms with Gasteiger partial charge in [-0.25, -0.2) is 13.1 Å². The van der Waals surface area contributed by atoms with Gasteiger partial charge in [-0.15, -0.1) is 0 Å². The van der Waals surface area contributed by atoms with Crippen LogP contribution in [0.1, 0.15) is 18.5 Å². The summed E-state index contributed by atoms with van der Waals surface area (Å²) in [7, 11) is -0.574. The Balaban J connectivity index is 1.93. The van der Waals surface area contributed by atoms with Crippen molar-refractivity contribution in [1.29, 1.82) is 0 Å². The third kappa shape index (κ3) is 3.66. The Kier molecular flexibility index (Phi) is 5.15. The van der Waals surface area contributed by atoms with Crippen molar-refractivity contribution in [2.75, 3.05) is 14.2 Å². The summed E-state index contributed by atoms with van der Waals surface area (Å²) in [5, 5.41) is 1.87. The molecule has 0 aromatic heterocycles. The molecule has 26 heavy (non-hydrogen) atoms. The first-order chi connectivity index (χ1) is 12.4. The van der Waals surface area contributed by atoms with Crippen molar-refractivity contribution < 1.29 is 17.9 Å². The van der Waals surface area contributed by atoms with Crippen molar-refractivity contribution in [1.82, 2.24) is 4.72 Å². The normalized spacial score (nSPS) is 12.7. The zero-order valence-corrected chi connectivity index (χ0v) is 15.7. The molecule has 5 nitrogen and oxygen atoms in total. The van der Waals surface area contributed by atoms with Crippen LogP contribution in [-0.4, -0.2) is 22.6 Å². The van der Waals surface area contributed by atoms with Crippen LogP contribution in [0.25, 0.3) is 10.8 Å². The summed E-state index contributed by atoms with van der Waals surface area (Å²) >= 11 is 0. The molecule has 0 aliphatic carbocycles. The van der Waals surface area contributed by atoms with E-state index in [4.69, 9.17) is 9.47 Å². The fourth-order valence-electron chi connectivity index (χ4n) is 2.88. The Labute approximate surface area is 153 Å². The van der Waals surface area contributed by atoms with E-state index in [1.807, 2.05) is 24.3 Å². The minimum Gasteiger partial charge on any atom is -0.497 e. The molecular formula is C20H21NO4S. The fourth-order valence-corrected chi connectivity index (χ4v) is 4.13. The molecule has 0 aliphatic heterocycles. The number of methoxy groups -OCH3 is 2. The first-order valence-electron chi connectivity index (χ1n) is 8.17. The molecule has 1 atom stereocenters. The van der Waals surface area contributed by atoms with Crippen LogP contribution in [0.4, 0.5) is 0 Å². The third-order valence-corrected chi connectivity index (χ3v) is 5.80. The monoisotopic (exact) mass is 371 g/mol. The van der Waals surface area contributed by atoms with E-state index in [1.54, 1.807) is 57.5 Å². The topological polar surface area (TPSA) is 64.6 Å². The van der Waals surface area contributed by atoms with E-state index >= 15 is 0 Å². The minimum absolute atomic E-state index is 0.227. The maximum Gasteiger partial charge on any atom is 0.241 e. The van der Waals surface area contributed by atoms with Gasteiger partial charge in [-0.05, 0) is 48.0 Å². The summed E-state index contributed by atoms with van der Waals surface area (Å²) in [6.45, 7) is 1.77. The number of sulfonamides is 1. The number of ether oxygens (including phenoxy) is 2. The number of rotatable bonds is 6. The largest absolute Gasteiger partial charge is 0.497 e. The molecular weight excluding hydrogens is 350 g/mol. The van der Waals surface area contributed by atoms with Gasteiger partial charge in [0.2, 0.25) is 10.0 Å². The highest BCUT2D eigenvalue weighted by atomic mass is 32.2. The summed E-state index contributed by atoms with van der Waals surface area (Å²) < 4.78 is 39.0. The maximum atomic E-state index is 12.8. The summed E-state index contributed by atoms with van der Waals surface area (Å²) in [4.78, 5) is 0.227. The Hall–Kier alpha value is -2.57. The van der Waals surface area contributed by atoms with Gasteiger partial charge in [-0.1, -0.05) is 30.3 Å². The molecule has 6 heteroatoms. The lowest BCUT2D eigenvalue weighted by atomic mass is 10.1. The van der Waals surface area contributed by atoms with Gasteiger partial charge < -0.3 is 9.47 Å². The van der Waals surface area contributed by atoms with Crippen molar-refractivity contribution in [3.63, 3.8) is 0 Å². The number of fused-ring (bicyclic) bond motifs is 1. The van der Waals surface area contributed by atoms with E-state index < -0.39 is 16.1 Å². The van der Waals surface area contributed by atoms with Crippen LogP contribution >= 0.6 is 0 Å². The second-order valence-corrected chi connectivity index (χ2v) is 7.67. The van der Waals surface area contributed by atoms with E-state index in [9.17, 15) is 8.42 Å². The van der Waals surface area contributed by atoms with E-state index in [0.717, 1.165) is 10.8 Å². The van der Waals surface area contributed by atoms with Crippen molar-refractivity contribution in [3.05, 3.63) is 66.2 Å². The molecule has 0 fully saturated rings. The van der Waals surface area contributed by atoms with Gasteiger partial charge in [0, 0.05) is 11.6 Å². The van der Waals surface area contributed by atoms with Crippen molar-refractivity contribution in [2.24, 2.45) is 0 Å². The molecule has 3 aromatic rings. The number of benzene rings is 3. The average Bonchev–Trinajstić information content (AvgIpc) is 2.66. The van der Waals surface area contributed by atoms with Crippen molar-refractivity contribution >= 4 is 20.8 Å². The second kappa shape index (κ2) is 7.35. The molecule has 3 aromatic carbocycles. The minimum atomic E-state index is -3.69. The second-order valence-electron chi connectivity index (χ2n) is 5.96. The highest BCUT2D eigenvalue weighted by molar-refractivity contribution is 7.89. The summed E-state index contributed by atoms with van der Waals surface area (Å²) in [6, 6.07) is 17.5. The van der Waals surface area contributed by atoms with Crippen LogP contribution < -0.4 is 14.2 Å². The molecule has 0 bridgehead atoms. The maximum absolute atomic E-state index is 12.8. The highest BCUT2D eigenvalue weighted by Crippen LogP contribution is 2.30. The summed E-state index contributed by atoms with van der Waals surface area (Å²) in [5.41, 5.74) is 0.705. The van der Waals surface area contributed by atoms with Crippen molar-refractivity contribution in [2.45, 2.75) is 17.9 Å². The Morgan fingerprint density at radius 3 is 2.31 bits per heavy atom. The zero-order valence-electron chi connectivity index (χ0n) is 14.9. The van der Waals surface area contributed by atoms with Crippen LogP contribution in [0, 0.1) is 0 Å². The lowest BCUT2D eigenvalue weighted by molar-refractivity contribution is 0.395. The SMILES string of the molecule is COc1ccc(OC)c(C(C)NS(=O)(=O)c2ccc3ccccc3c2)c1. The van der Waals surface area contributed by atoms with Crippen LogP contribution in [0.3, 0.4) is 0 Å². The first-order valence-corrected chi connectivity index (χ1v) is 9.66. The first kappa shape index (κ1) is 18.2. The van der Waals surface area contributed by atoms with Crippen LogP contribution in [0.2, 0.25) is 0 Å². The number of hydrogen-bond acceptors (Lipinski definition) is 4. The zero-order chi connectivity index (χ0) is 18.7. The highest BCUT2D eigenvalue weighted by Gasteiger charge is 2.21. The molecule has 0 heterocycles. The number of hydrogen-bond donors (Lipinski definition) is 1. The lowest BCUT2D eigenvalue weighted by Gasteiger charge is -2.18. The van der Waals surface area contributed by atoms with Crippen LogP contribution in [-0.2, 0) is 10.0 Å². The number of nitrogens with one attached hydrogen (secondary N) is 1. The van der Waals surface area contributed by atoms with Gasteiger partial charge >= 0.3 is 0 Å². The van der Waals surface area contributed by atoms with Gasteiger partial charge in [-0.3, -0.25) is 0 Å². The van der Waals surface area contributed by atoms with Gasteiger partial charge in [0.25, 0.3) is 0 Å². The predicted molar refractivity (Wildman–Crippen MR) is 102 cm³/mol. The molecule has 3 rings (SSSR count). The van der Waals surface area contributed by atoms with Gasteiger partial charge in [0.05, 0.1) is 19.1 Å². The molecule has 136 valence electrons. The predicted octanol–water partition coefficient (Wildman–Crippen LogP) is 3.90. The molecule has 0 saturated carbocycles. The average molecular weight is 371 g/mol. The Morgan fingerprint density at radius 2 is 1.62 bits per heavy atom. The van der Waals surface area contributed by atoms with E-state index in [-0.39, 0.29) is 4.90 Å². The third-order valence-electron chi connectivity index (χ3n) is 4.27. The summed E-state index contributed by atoms with van der Waals surface area (Å²) in [6.07, 6.45) is 0. The molecule has 0 radical (unpaired) electrons. The van der Waals surface area contributed by atoms with Crippen LogP contribution in [0.15, 0.2) is 65.6 Å². The van der Waals surface area contributed by atoms with E-state index in [2.05, 4.69) is 4.72 Å². The van der Waals surface area contributed by atoms with Gasteiger partial charge in [0.15, 0.2) is 0 Å². The molecule has 0 spiro atoms. The Morgan fingerprint density at radius 1 is 0.885 bits per heavy atom. The van der Waals surface area contributed by atoms with E-state index in [0.29, 0.717) is 17.1 Å². The van der Waals surface area contributed by atoms with E-state index in [1.165, 1.54) is 0 Å². The molecule has 0 amide bonds. The Bertz CT molecular complexity index is 1030. The summed E-state index contributed by atoms with van der Waals surface area (Å²) in [5.74, 6) is 1.23.